The van der Waals surface area contributed by atoms with Crippen LogP contribution in [0.1, 0.15) is 21.5 Å². The van der Waals surface area contributed by atoms with Gasteiger partial charge in [0.25, 0.3) is 0 Å². The van der Waals surface area contributed by atoms with E-state index in [9.17, 15) is 4.79 Å². The number of benzene rings is 5. The van der Waals surface area contributed by atoms with Gasteiger partial charge in [-0.15, -0.1) is 17.7 Å². The average Bonchev–Trinajstić information content (AvgIpc) is 2.95. The van der Waals surface area contributed by atoms with Crippen molar-refractivity contribution in [3.05, 3.63) is 169 Å². The molecule has 0 bridgehead atoms. The summed E-state index contributed by atoms with van der Waals surface area (Å²) in [7, 11) is -0.446. The van der Waals surface area contributed by atoms with Crippen LogP contribution in [0.4, 0.5) is 0 Å². The Morgan fingerprint density at radius 3 is 1.19 bits per heavy atom. The summed E-state index contributed by atoms with van der Waals surface area (Å²) in [6.45, 7) is 0. The van der Waals surface area contributed by atoms with Gasteiger partial charge in [0.15, 0.2) is 5.78 Å². The minimum Gasteiger partial charge on any atom is -0.366 e. The molecule has 36 heavy (non-hydrogen) atoms. The maximum absolute atomic E-state index is 12.0. The van der Waals surface area contributed by atoms with Gasteiger partial charge in [0.2, 0.25) is 0 Å². The Kier molecular flexibility index (Phi) is 10.7. The van der Waals surface area contributed by atoms with E-state index in [1.165, 1.54) is 15.9 Å². The molecule has 0 fully saturated rings. The summed E-state index contributed by atoms with van der Waals surface area (Å²) in [4.78, 5) is 12.0. The van der Waals surface area contributed by atoms with E-state index in [0.29, 0.717) is 16.7 Å². The van der Waals surface area contributed by atoms with Crippen molar-refractivity contribution in [2.45, 2.75) is 0 Å². The van der Waals surface area contributed by atoms with Gasteiger partial charge in [-0.05, 0) is 23.8 Å². The molecule has 0 aliphatic carbocycles. The quantitative estimate of drug-likeness (QED) is 0.0710. The van der Waals surface area contributed by atoms with Gasteiger partial charge in [-0.1, -0.05) is 133 Å². The Balaban J connectivity index is 0.000000198. The standard InChI is InChI=1S/C18H15P.C15H9O.Au/c1-4-10-16(11-5-1)19(17-12-6-2-7-13-17)18-14-8-3-9-15-18;1-2-12-8-10-14(11-9-12)15(16)13-6-4-3-5-7-13;/h1-15H;3-11H;/q;-1;+1. The normalized spacial score (nSPS) is 9.78. The number of ketones is 1. The summed E-state index contributed by atoms with van der Waals surface area (Å²) in [6, 6.07) is 48.3. The van der Waals surface area contributed by atoms with Crippen LogP contribution in [0.25, 0.3) is 0 Å². The molecule has 0 heterocycles. The summed E-state index contributed by atoms with van der Waals surface area (Å²) in [5.74, 6) is 2.27. The SMILES string of the molecule is [Au+].[C-]#Cc1ccc(C(=O)c2ccccc2)cc1.c1ccc(P(c2ccccc2)c2ccccc2)cc1. The molecule has 0 radical (unpaired) electrons. The molecule has 5 rings (SSSR count). The van der Waals surface area contributed by atoms with Gasteiger partial charge in [0.05, 0.1) is 0 Å². The summed E-state index contributed by atoms with van der Waals surface area (Å²) in [5, 5.41) is 4.19. The van der Waals surface area contributed by atoms with E-state index in [1.807, 2.05) is 18.2 Å². The van der Waals surface area contributed by atoms with Crippen LogP contribution in [-0.2, 0) is 22.4 Å². The van der Waals surface area contributed by atoms with E-state index >= 15 is 0 Å². The summed E-state index contributed by atoms with van der Waals surface area (Å²) < 4.78 is 0. The fourth-order valence-electron chi connectivity index (χ4n) is 3.64. The summed E-state index contributed by atoms with van der Waals surface area (Å²) in [6.07, 6.45) is 6.95. The zero-order valence-corrected chi connectivity index (χ0v) is 22.6. The number of rotatable bonds is 5. The van der Waals surface area contributed by atoms with Crippen LogP contribution in [-0.4, -0.2) is 5.78 Å². The van der Waals surface area contributed by atoms with E-state index in [2.05, 4.69) is 96.9 Å². The zero-order valence-electron chi connectivity index (χ0n) is 19.5. The number of hydrogen-bond acceptors (Lipinski definition) is 1. The Labute approximate surface area is 230 Å². The molecule has 0 aliphatic heterocycles. The molecule has 0 amide bonds. The first kappa shape index (κ1) is 27.1. The van der Waals surface area contributed by atoms with Crippen LogP contribution < -0.4 is 15.9 Å². The maximum atomic E-state index is 12.0. The maximum Gasteiger partial charge on any atom is 1.00 e. The Morgan fingerprint density at radius 2 is 0.833 bits per heavy atom. The van der Waals surface area contributed by atoms with Gasteiger partial charge < -0.3 is 6.42 Å². The van der Waals surface area contributed by atoms with Crippen molar-refractivity contribution in [3.63, 3.8) is 0 Å². The van der Waals surface area contributed by atoms with Gasteiger partial charge in [-0.2, -0.15) is 0 Å². The van der Waals surface area contributed by atoms with Crippen LogP contribution in [0.3, 0.4) is 0 Å². The largest absolute Gasteiger partial charge is 1.00 e. The molecular formula is C33H24AuOP. The van der Waals surface area contributed by atoms with Gasteiger partial charge in [-0.25, -0.2) is 0 Å². The predicted molar refractivity (Wildman–Crippen MR) is 148 cm³/mol. The van der Waals surface area contributed by atoms with Crippen molar-refractivity contribution >= 4 is 29.6 Å². The van der Waals surface area contributed by atoms with Gasteiger partial charge in [-0.3, -0.25) is 10.7 Å². The Hall–Kier alpha value is -3.50. The smallest absolute Gasteiger partial charge is 0.366 e. The first-order valence-electron chi connectivity index (χ1n) is 11.3. The predicted octanol–water partition coefficient (Wildman–Crippen LogP) is 6.30. The molecule has 0 atom stereocenters. The third-order valence-electron chi connectivity index (χ3n) is 5.37. The van der Waals surface area contributed by atoms with E-state index < -0.39 is 7.92 Å². The molecule has 5 aromatic carbocycles. The molecule has 3 heteroatoms. The number of carbonyl (C=O) groups excluding carboxylic acids is 1. The molecule has 1 nitrogen and oxygen atoms in total. The van der Waals surface area contributed by atoms with Crippen molar-refractivity contribution < 1.29 is 27.2 Å². The van der Waals surface area contributed by atoms with Crippen molar-refractivity contribution in [1.29, 1.82) is 0 Å². The third-order valence-corrected chi connectivity index (χ3v) is 7.81. The Morgan fingerprint density at radius 1 is 0.500 bits per heavy atom. The summed E-state index contributed by atoms with van der Waals surface area (Å²) >= 11 is 0. The van der Waals surface area contributed by atoms with Crippen molar-refractivity contribution in [1.82, 2.24) is 0 Å². The minimum absolute atomic E-state index is 0. The fourth-order valence-corrected chi connectivity index (χ4v) is 5.94. The summed E-state index contributed by atoms with van der Waals surface area (Å²) in [5.41, 5.74) is 1.98. The molecule has 0 aliphatic rings. The van der Waals surface area contributed by atoms with E-state index in [4.69, 9.17) is 6.42 Å². The van der Waals surface area contributed by atoms with E-state index in [0.717, 1.165) is 0 Å². The van der Waals surface area contributed by atoms with Gasteiger partial charge >= 0.3 is 22.4 Å². The van der Waals surface area contributed by atoms with E-state index in [1.54, 1.807) is 36.4 Å². The number of hydrogen-bond donors (Lipinski definition) is 0. The minimum atomic E-state index is -0.446. The molecule has 0 N–H and O–H groups in total. The second-order valence-electron chi connectivity index (χ2n) is 7.74. The number of carbonyl (C=O) groups is 1. The van der Waals surface area contributed by atoms with Crippen molar-refractivity contribution in [2.75, 3.05) is 0 Å². The van der Waals surface area contributed by atoms with Crippen LogP contribution in [0.5, 0.6) is 0 Å². The van der Waals surface area contributed by atoms with Crippen molar-refractivity contribution in [3.8, 4) is 5.92 Å². The fraction of sp³-hybridized carbons (Fsp3) is 0. The molecule has 0 saturated carbocycles. The molecular weight excluding hydrogens is 640 g/mol. The van der Waals surface area contributed by atoms with Crippen LogP contribution in [0.15, 0.2) is 146 Å². The average molecular weight is 664 g/mol. The second kappa shape index (κ2) is 14.2. The monoisotopic (exact) mass is 664 g/mol. The van der Waals surface area contributed by atoms with Gasteiger partial charge in [0, 0.05) is 11.1 Å². The zero-order chi connectivity index (χ0) is 24.3. The van der Waals surface area contributed by atoms with Crippen LogP contribution in [0, 0.1) is 12.3 Å². The molecule has 0 saturated heterocycles. The molecule has 5 aromatic rings. The first-order valence-corrected chi connectivity index (χ1v) is 12.7. The van der Waals surface area contributed by atoms with Crippen LogP contribution >= 0.6 is 7.92 Å². The topological polar surface area (TPSA) is 17.1 Å². The molecule has 0 unspecified atom stereocenters. The molecule has 0 aromatic heterocycles. The van der Waals surface area contributed by atoms with Crippen molar-refractivity contribution in [2.24, 2.45) is 0 Å². The van der Waals surface area contributed by atoms with E-state index in [-0.39, 0.29) is 28.2 Å². The Bertz CT molecular complexity index is 1290. The second-order valence-corrected chi connectivity index (χ2v) is 9.96. The molecule has 0 spiro atoms. The molecule has 178 valence electrons. The van der Waals surface area contributed by atoms with Gasteiger partial charge in [0.1, 0.15) is 0 Å². The first-order chi connectivity index (χ1) is 17.3. The van der Waals surface area contributed by atoms with Crippen LogP contribution in [0.2, 0.25) is 0 Å². The third kappa shape index (κ3) is 7.25.